The summed E-state index contributed by atoms with van der Waals surface area (Å²) in [5.74, 6) is -0.0297. The van der Waals surface area contributed by atoms with Crippen molar-refractivity contribution in [2.24, 2.45) is 0 Å². The highest BCUT2D eigenvalue weighted by Crippen LogP contribution is 2.25. The van der Waals surface area contributed by atoms with Crippen LogP contribution in [0.3, 0.4) is 0 Å². The van der Waals surface area contributed by atoms with Crippen LogP contribution in [0.4, 0.5) is 11.5 Å². The predicted octanol–water partition coefficient (Wildman–Crippen LogP) is 2.80. The number of hydrogen-bond donors (Lipinski definition) is 2. The summed E-state index contributed by atoms with van der Waals surface area (Å²) in [6, 6.07) is 9.42. The summed E-state index contributed by atoms with van der Waals surface area (Å²) >= 11 is 0. The monoisotopic (exact) mass is 366 g/mol. The number of carbonyl (C=O) groups is 1. The molecular formula is C17H14N6O4. The number of nitro benzene ring substituents is 1. The van der Waals surface area contributed by atoms with E-state index in [1.165, 1.54) is 24.4 Å². The van der Waals surface area contributed by atoms with Crippen molar-refractivity contribution < 1.29 is 14.5 Å². The molecule has 0 spiro atoms. The summed E-state index contributed by atoms with van der Waals surface area (Å²) in [6.07, 6.45) is 2.40. The Morgan fingerprint density at radius 1 is 1.41 bits per heavy atom. The van der Waals surface area contributed by atoms with Crippen LogP contribution in [0.2, 0.25) is 0 Å². The van der Waals surface area contributed by atoms with E-state index < -0.39 is 10.8 Å². The smallest absolute Gasteiger partial charge is 0.278 e. The molecule has 0 saturated heterocycles. The first-order chi connectivity index (χ1) is 13.1. The lowest BCUT2D eigenvalue weighted by Crippen LogP contribution is -2.15. The van der Waals surface area contributed by atoms with Gasteiger partial charge in [0.2, 0.25) is 0 Å². The van der Waals surface area contributed by atoms with Gasteiger partial charge in [-0.3, -0.25) is 20.0 Å². The Morgan fingerprint density at radius 3 is 3.04 bits per heavy atom. The normalized spacial score (nSPS) is 10.3. The van der Waals surface area contributed by atoms with Crippen molar-refractivity contribution in [2.75, 3.05) is 11.9 Å². The molecule has 0 fully saturated rings. The van der Waals surface area contributed by atoms with E-state index >= 15 is 0 Å². The van der Waals surface area contributed by atoms with Gasteiger partial charge in [0, 0.05) is 30.1 Å². The highest BCUT2D eigenvalue weighted by molar-refractivity contribution is 6.11. The fraction of sp³-hybridized carbons (Fsp3) is 0.176. The van der Waals surface area contributed by atoms with Crippen LogP contribution in [0.25, 0.3) is 10.9 Å². The molecule has 1 amide bonds. The van der Waals surface area contributed by atoms with Gasteiger partial charge < -0.3 is 10.1 Å². The standard InChI is InChI=1S/C17H14N6O4/c18-7-1-2-9-27-14-4-3-8-19-16(14)20-17(24)15-12-10-11(23(25)26)5-6-13(12)21-22-15/h3-6,8,10H,1-2,9H2,(H,21,22)(H,19,20,24). The summed E-state index contributed by atoms with van der Waals surface area (Å²) in [5, 5.41) is 29.1. The molecule has 0 bridgehead atoms. The van der Waals surface area contributed by atoms with Gasteiger partial charge in [0.25, 0.3) is 11.6 Å². The van der Waals surface area contributed by atoms with E-state index in [4.69, 9.17) is 10.00 Å². The van der Waals surface area contributed by atoms with Gasteiger partial charge in [-0.25, -0.2) is 4.98 Å². The molecule has 0 aliphatic heterocycles. The van der Waals surface area contributed by atoms with E-state index in [0.29, 0.717) is 36.1 Å². The van der Waals surface area contributed by atoms with Gasteiger partial charge in [0.1, 0.15) is 0 Å². The van der Waals surface area contributed by atoms with Crippen molar-refractivity contribution in [1.82, 2.24) is 15.2 Å². The third kappa shape index (κ3) is 3.98. The second kappa shape index (κ2) is 7.92. The number of nitriles is 1. The predicted molar refractivity (Wildman–Crippen MR) is 95.3 cm³/mol. The highest BCUT2D eigenvalue weighted by atomic mass is 16.6. The number of anilines is 1. The van der Waals surface area contributed by atoms with Crippen LogP contribution in [-0.2, 0) is 0 Å². The molecule has 136 valence electrons. The van der Waals surface area contributed by atoms with Gasteiger partial charge in [-0.2, -0.15) is 10.4 Å². The summed E-state index contributed by atoms with van der Waals surface area (Å²) in [4.78, 5) is 27.1. The Labute approximate surface area is 152 Å². The average molecular weight is 366 g/mol. The minimum Gasteiger partial charge on any atom is -0.490 e. The Bertz CT molecular complexity index is 1040. The zero-order valence-corrected chi connectivity index (χ0v) is 14.0. The number of fused-ring (bicyclic) bond motifs is 1. The molecule has 2 N–H and O–H groups in total. The maximum absolute atomic E-state index is 12.6. The lowest BCUT2D eigenvalue weighted by molar-refractivity contribution is -0.384. The molecule has 10 nitrogen and oxygen atoms in total. The van der Waals surface area contributed by atoms with Crippen LogP contribution in [0.15, 0.2) is 36.5 Å². The van der Waals surface area contributed by atoms with Gasteiger partial charge in [0.15, 0.2) is 17.3 Å². The number of hydrogen-bond acceptors (Lipinski definition) is 7. The first kappa shape index (κ1) is 17.8. The maximum atomic E-state index is 12.6. The molecule has 0 aliphatic rings. The molecule has 2 aromatic heterocycles. The number of pyridine rings is 1. The van der Waals surface area contributed by atoms with Crippen molar-refractivity contribution in [3.05, 3.63) is 52.3 Å². The van der Waals surface area contributed by atoms with Crippen molar-refractivity contribution in [3.8, 4) is 11.8 Å². The van der Waals surface area contributed by atoms with Gasteiger partial charge >= 0.3 is 0 Å². The second-order valence-corrected chi connectivity index (χ2v) is 5.47. The van der Waals surface area contributed by atoms with E-state index in [0.717, 1.165) is 0 Å². The molecule has 3 rings (SSSR count). The molecule has 0 atom stereocenters. The number of nitro groups is 1. The van der Waals surface area contributed by atoms with Gasteiger partial charge in [-0.1, -0.05) is 0 Å². The van der Waals surface area contributed by atoms with E-state index in [1.54, 1.807) is 12.1 Å². The fourth-order valence-corrected chi connectivity index (χ4v) is 2.39. The molecule has 2 heterocycles. The zero-order chi connectivity index (χ0) is 19.2. The van der Waals surface area contributed by atoms with E-state index in [2.05, 4.69) is 20.5 Å². The molecule has 1 aromatic carbocycles. The molecule has 10 heteroatoms. The largest absolute Gasteiger partial charge is 0.490 e. The van der Waals surface area contributed by atoms with Crippen LogP contribution >= 0.6 is 0 Å². The van der Waals surface area contributed by atoms with Crippen LogP contribution in [0, 0.1) is 21.4 Å². The van der Waals surface area contributed by atoms with Gasteiger partial charge in [-0.15, -0.1) is 0 Å². The lowest BCUT2D eigenvalue weighted by atomic mass is 10.2. The summed E-state index contributed by atoms with van der Waals surface area (Å²) in [7, 11) is 0. The lowest BCUT2D eigenvalue weighted by Gasteiger charge is -2.10. The first-order valence-corrected chi connectivity index (χ1v) is 7.99. The van der Waals surface area contributed by atoms with Gasteiger partial charge in [-0.05, 0) is 24.6 Å². The second-order valence-electron chi connectivity index (χ2n) is 5.47. The van der Waals surface area contributed by atoms with Crippen molar-refractivity contribution in [3.63, 3.8) is 0 Å². The van der Waals surface area contributed by atoms with Crippen LogP contribution in [0.1, 0.15) is 23.3 Å². The zero-order valence-electron chi connectivity index (χ0n) is 14.0. The number of benzene rings is 1. The van der Waals surface area contributed by atoms with Crippen LogP contribution < -0.4 is 10.1 Å². The Balaban J connectivity index is 1.82. The molecule has 0 unspecified atom stereocenters. The number of amides is 1. The van der Waals surface area contributed by atoms with Crippen LogP contribution in [0.5, 0.6) is 5.75 Å². The number of aromatic nitrogens is 3. The Morgan fingerprint density at radius 2 is 2.26 bits per heavy atom. The Kier molecular flexibility index (Phi) is 5.22. The first-order valence-electron chi connectivity index (χ1n) is 7.99. The maximum Gasteiger partial charge on any atom is 0.278 e. The van der Waals surface area contributed by atoms with Gasteiger partial charge in [0.05, 0.1) is 23.1 Å². The molecule has 3 aromatic rings. The van der Waals surface area contributed by atoms with Crippen molar-refractivity contribution >= 4 is 28.3 Å². The number of H-pyrrole nitrogens is 1. The quantitative estimate of drug-likeness (QED) is 0.371. The number of ether oxygens (including phenoxy) is 1. The minimum atomic E-state index is -0.581. The number of non-ortho nitro benzene ring substituents is 1. The molecule has 27 heavy (non-hydrogen) atoms. The Hall–Kier alpha value is -4.00. The fourth-order valence-electron chi connectivity index (χ4n) is 2.39. The van der Waals surface area contributed by atoms with Crippen molar-refractivity contribution in [1.29, 1.82) is 5.26 Å². The number of unbranched alkanes of at least 4 members (excludes halogenated alkanes) is 1. The molecule has 0 saturated carbocycles. The molecule has 0 radical (unpaired) electrons. The third-order valence-corrected chi connectivity index (χ3v) is 3.67. The SMILES string of the molecule is N#CCCCOc1cccnc1NC(=O)c1n[nH]c2ccc([N+](=O)[O-])cc12. The number of aromatic amines is 1. The van der Waals surface area contributed by atoms with E-state index in [9.17, 15) is 14.9 Å². The number of nitrogens with one attached hydrogen (secondary N) is 2. The summed E-state index contributed by atoms with van der Waals surface area (Å²) < 4.78 is 5.55. The molecular weight excluding hydrogens is 352 g/mol. The minimum absolute atomic E-state index is 0.00906. The topological polar surface area (TPSA) is 147 Å². The van der Waals surface area contributed by atoms with E-state index in [1.807, 2.05) is 6.07 Å². The number of nitrogens with zero attached hydrogens (tertiary/aromatic N) is 4. The molecule has 0 aliphatic carbocycles. The van der Waals surface area contributed by atoms with Crippen molar-refractivity contribution in [2.45, 2.75) is 12.8 Å². The number of carbonyl (C=O) groups excluding carboxylic acids is 1. The number of rotatable bonds is 7. The third-order valence-electron chi connectivity index (χ3n) is 3.67. The van der Waals surface area contributed by atoms with E-state index in [-0.39, 0.29) is 17.2 Å². The summed E-state index contributed by atoms with van der Waals surface area (Å²) in [6.45, 7) is 0.305. The summed E-state index contributed by atoms with van der Waals surface area (Å²) in [5.41, 5.74) is 0.367. The van der Waals surface area contributed by atoms with Crippen LogP contribution in [-0.4, -0.2) is 32.6 Å². The average Bonchev–Trinajstić information content (AvgIpc) is 3.09. The highest BCUT2D eigenvalue weighted by Gasteiger charge is 2.19.